The molecule has 0 saturated carbocycles. The summed E-state index contributed by atoms with van der Waals surface area (Å²) < 4.78 is 45.2. The number of alkyl halides is 3. The van der Waals surface area contributed by atoms with Gasteiger partial charge in [0, 0.05) is 4.47 Å². The summed E-state index contributed by atoms with van der Waals surface area (Å²) in [7, 11) is -2.35. The van der Waals surface area contributed by atoms with E-state index in [2.05, 4.69) is 15.9 Å². The Morgan fingerprint density at radius 3 is 2.10 bits per heavy atom. The van der Waals surface area contributed by atoms with Crippen LogP contribution in [0.2, 0.25) is 18.1 Å². The SMILES string of the molecule is CC(C)(C)[Si](C)(C)Oc1cc(Br)cc(C(F)(F)F)c1C=O. The Morgan fingerprint density at radius 2 is 1.71 bits per heavy atom. The first-order valence-corrected chi connectivity index (χ1v) is 10.0. The molecule has 0 fully saturated rings. The van der Waals surface area contributed by atoms with E-state index in [1.54, 1.807) is 0 Å². The highest BCUT2D eigenvalue weighted by atomic mass is 79.9. The number of halogens is 4. The van der Waals surface area contributed by atoms with Crippen molar-refractivity contribution in [3.63, 3.8) is 0 Å². The molecule has 21 heavy (non-hydrogen) atoms. The van der Waals surface area contributed by atoms with Crippen LogP contribution in [0.3, 0.4) is 0 Å². The molecule has 7 heteroatoms. The molecule has 0 N–H and O–H groups in total. The van der Waals surface area contributed by atoms with Crippen LogP contribution in [0, 0.1) is 0 Å². The summed E-state index contributed by atoms with van der Waals surface area (Å²) in [5.41, 5.74) is -1.43. The third kappa shape index (κ3) is 4.09. The predicted molar refractivity (Wildman–Crippen MR) is 82.4 cm³/mol. The number of hydrogen-bond acceptors (Lipinski definition) is 2. The Bertz CT molecular complexity index is 548. The van der Waals surface area contributed by atoms with Crippen molar-refractivity contribution in [2.24, 2.45) is 0 Å². The predicted octanol–water partition coefficient (Wildman–Crippen LogP) is 5.66. The van der Waals surface area contributed by atoms with E-state index in [0.717, 1.165) is 6.07 Å². The first kappa shape index (κ1) is 18.2. The molecule has 2 nitrogen and oxygen atoms in total. The van der Waals surface area contributed by atoms with Crippen LogP contribution >= 0.6 is 15.9 Å². The van der Waals surface area contributed by atoms with E-state index in [-0.39, 0.29) is 21.5 Å². The Labute approximate surface area is 131 Å². The zero-order valence-electron chi connectivity index (χ0n) is 12.6. The molecule has 0 saturated heterocycles. The maximum Gasteiger partial charge on any atom is 0.417 e. The first-order chi connectivity index (χ1) is 9.29. The van der Waals surface area contributed by atoms with Gasteiger partial charge in [-0.3, -0.25) is 4.79 Å². The van der Waals surface area contributed by atoms with Crippen LogP contribution in [0.5, 0.6) is 5.75 Å². The monoisotopic (exact) mass is 382 g/mol. The largest absolute Gasteiger partial charge is 0.543 e. The van der Waals surface area contributed by atoms with Gasteiger partial charge in [-0.25, -0.2) is 0 Å². The molecule has 0 aliphatic heterocycles. The highest BCUT2D eigenvalue weighted by Gasteiger charge is 2.41. The lowest BCUT2D eigenvalue weighted by atomic mass is 10.1. The van der Waals surface area contributed by atoms with Gasteiger partial charge < -0.3 is 4.43 Å². The van der Waals surface area contributed by atoms with E-state index in [1.807, 2.05) is 33.9 Å². The van der Waals surface area contributed by atoms with Gasteiger partial charge in [0.1, 0.15) is 5.75 Å². The van der Waals surface area contributed by atoms with Crippen molar-refractivity contribution >= 4 is 30.5 Å². The molecule has 0 aliphatic carbocycles. The van der Waals surface area contributed by atoms with Crippen LogP contribution in [-0.2, 0) is 6.18 Å². The Balaban J connectivity index is 3.44. The quantitative estimate of drug-likeness (QED) is 0.497. The molecule has 0 unspecified atom stereocenters. The summed E-state index contributed by atoms with van der Waals surface area (Å²) in [5.74, 6) is -0.0155. The van der Waals surface area contributed by atoms with Crippen LogP contribution in [0.4, 0.5) is 13.2 Å². The van der Waals surface area contributed by atoms with E-state index in [0.29, 0.717) is 0 Å². The van der Waals surface area contributed by atoms with Gasteiger partial charge >= 0.3 is 6.18 Å². The first-order valence-electron chi connectivity index (χ1n) is 6.34. The fraction of sp³-hybridized carbons (Fsp3) is 0.500. The molecule has 0 radical (unpaired) electrons. The van der Waals surface area contributed by atoms with Crippen LogP contribution in [-0.4, -0.2) is 14.6 Å². The van der Waals surface area contributed by atoms with Gasteiger partial charge in [-0.15, -0.1) is 0 Å². The van der Waals surface area contributed by atoms with E-state index >= 15 is 0 Å². The average molecular weight is 383 g/mol. The van der Waals surface area contributed by atoms with Crippen molar-refractivity contribution in [2.75, 3.05) is 0 Å². The molecule has 0 amide bonds. The Morgan fingerprint density at radius 1 is 1.19 bits per heavy atom. The van der Waals surface area contributed by atoms with E-state index in [9.17, 15) is 18.0 Å². The minimum absolute atomic E-state index is 0.0155. The van der Waals surface area contributed by atoms with Crippen molar-refractivity contribution in [2.45, 2.75) is 45.1 Å². The molecule has 1 aromatic carbocycles. The summed E-state index contributed by atoms with van der Waals surface area (Å²) in [4.78, 5) is 11.2. The fourth-order valence-electron chi connectivity index (χ4n) is 1.46. The number of carbonyl (C=O) groups excluding carboxylic acids is 1. The second-order valence-corrected chi connectivity index (χ2v) is 12.0. The third-order valence-corrected chi connectivity index (χ3v) is 8.50. The molecule has 1 rings (SSSR count). The van der Waals surface area contributed by atoms with Crippen molar-refractivity contribution in [1.82, 2.24) is 0 Å². The van der Waals surface area contributed by atoms with Crippen LogP contribution < -0.4 is 4.43 Å². The number of benzene rings is 1. The normalized spacial score (nSPS) is 13.2. The van der Waals surface area contributed by atoms with E-state index in [1.165, 1.54) is 6.07 Å². The van der Waals surface area contributed by atoms with Gasteiger partial charge in [0.05, 0.1) is 11.1 Å². The molecule has 0 aliphatic rings. The van der Waals surface area contributed by atoms with Crippen LogP contribution in [0.1, 0.15) is 36.7 Å². The lowest BCUT2D eigenvalue weighted by Gasteiger charge is -2.37. The molecule has 0 aromatic heterocycles. The summed E-state index contributed by atoms with van der Waals surface area (Å²) in [6, 6.07) is 2.31. The van der Waals surface area contributed by atoms with Gasteiger partial charge in [0.2, 0.25) is 0 Å². The molecule has 0 bridgehead atoms. The number of carbonyl (C=O) groups is 1. The maximum atomic E-state index is 13.0. The van der Waals surface area contributed by atoms with Gasteiger partial charge in [-0.05, 0) is 30.3 Å². The van der Waals surface area contributed by atoms with E-state index in [4.69, 9.17) is 4.43 Å². The van der Waals surface area contributed by atoms with Gasteiger partial charge in [-0.2, -0.15) is 13.2 Å². The van der Waals surface area contributed by atoms with Crippen molar-refractivity contribution in [1.29, 1.82) is 0 Å². The van der Waals surface area contributed by atoms with Crippen molar-refractivity contribution in [3.8, 4) is 5.75 Å². The second-order valence-electron chi connectivity index (χ2n) is 6.34. The standard InChI is InChI=1S/C14H18BrF3O2Si/c1-13(2,3)21(4,5)20-12-7-9(15)6-11(10(12)8-19)14(16,17)18/h6-8H,1-5H3. The molecule has 118 valence electrons. The lowest BCUT2D eigenvalue weighted by Crippen LogP contribution is -2.44. The second kappa shape index (κ2) is 5.76. The average Bonchev–Trinajstić information content (AvgIpc) is 2.24. The maximum absolute atomic E-state index is 13.0. The van der Waals surface area contributed by atoms with Gasteiger partial charge in [-0.1, -0.05) is 36.7 Å². The smallest absolute Gasteiger partial charge is 0.417 e. The van der Waals surface area contributed by atoms with Crippen LogP contribution in [0.25, 0.3) is 0 Å². The number of rotatable bonds is 3. The van der Waals surface area contributed by atoms with Crippen LogP contribution in [0.15, 0.2) is 16.6 Å². The van der Waals surface area contributed by atoms with Gasteiger partial charge in [0.25, 0.3) is 8.32 Å². The lowest BCUT2D eigenvalue weighted by molar-refractivity contribution is -0.138. The Kier molecular flexibility index (Phi) is 5.00. The summed E-state index contributed by atoms with van der Waals surface area (Å²) >= 11 is 3.05. The zero-order chi connectivity index (χ0) is 16.6. The summed E-state index contributed by atoms with van der Waals surface area (Å²) in [6.45, 7) is 9.75. The molecule has 1 aromatic rings. The summed E-state index contributed by atoms with van der Waals surface area (Å²) in [6.07, 6.45) is -4.40. The minimum Gasteiger partial charge on any atom is -0.543 e. The van der Waals surface area contributed by atoms with E-state index < -0.39 is 25.6 Å². The topological polar surface area (TPSA) is 26.3 Å². The number of hydrogen-bond donors (Lipinski definition) is 0. The fourth-order valence-corrected chi connectivity index (χ4v) is 2.92. The molecule has 0 heterocycles. The highest BCUT2D eigenvalue weighted by Crippen LogP contribution is 2.42. The van der Waals surface area contributed by atoms with Crippen molar-refractivity contribution in [3.05, 3.63) is 27.7 Å². The van der Waals surface area contributed by atoms with Gasteiger partial charge in [0.15, 0.2) is 6.29 Å². The highest BCUT2D eigenvalue weighted by molar-refractivity contribution is 9.10. The zero-order valence-corrected chi connectivity index (χ0v) is 15.1. The number of aldehydes is 1. The Hall–Kier alpha value is -0.823. The molecular weight excluding hydrogens is 365 g/mol. The minimum atomic E-state index is -4.61. The molecule has 0 atom stereocenters. The summed E-state index contributed by atoms with van der Waals surface area (Å²) in [5, 5.41) is -0.187. The molecule has 0 spiro atoms. The molecular formula is C14H18BrF3O2Si. The third-order valence-electron chi connectivity index (χ3n) is 3.70. The van der Waals surface area contributed by atoms with Crippen molar-refractivity contribution < 1.29 is 22.4 Å².